The maximum Gasteiger partial charge on any atom is 0.315 e. The Hall–Kier alpha value is -2.37. The van der Waals surface area contributed by atoms with Crippen molar-refractivity contribution in [3.8, 4) is 0 Å². The molecular weight excluding hydrogens is 295 g/mol. The third kappa shape index (κ3) is 4.09. The number of hydrogen-bond donors (Lipinski definition) is 2. The Morgan fingerprint density at radius 1 is 1.35 bits per heavy atom. The molecule has 2 N–H and O–H groups in total. The number of urea groups is 1. The molecule has 3 rings (SSSR count). The second-order valence-corrected chi connectivity index (χ2v) is 5.92. The van der Waals surface area contributed by atoms with Gasteiger partial charge in [0.1, 0.15) is 5.82 Å². The maximum atomic E-state index is 13.1. The van der Waals surface area contributed by atoms with E-state index in [1.54, 1.807) is 24.7 Å². The summed E-state index contributed by atoms with van der Waals surface area (Å²) in [7, 11) is 0. The summed E-state index contributed by atoms with van der Waals surface area (Å²) in [5.41, 5.74) is 0.959. The molecule has 1 fully saturated rings. The fraction of sp³-hybridized carbons (Fsp3) is 0.412. The number of rotatable bonds is 6. The highest BCUT2D eigenvalue weighted by Crippen LogP contribution is 2.37. The zero-order chi connectivity index (χ0) is 16.1. The molecule has 0 saturated heterocycles. The van der Waals surface area contributed by atoms with Crippen LogP contribution in [-0.2, 0) is 6.54 Å². The Morgan fingerprint density at radius 3 is 2.74 bits per heavy atom. The highest BCUT2D eigenvalue weighted by Gasteiger charge is 2.29. The van der Waals surface area contributed by atoms with Crippen LogP contribution in [0.2, 0.25) is 0 Å². The third-order valence-corrected chi connectivity index (χ3v) is 4.35. The predicted octanol–water partition coefficient (Wildman–Crippen LogP) is 2.86. The Kier molecular flexibility index (Phi) is 4.90. The molecule has 6 heteroatoms. The molecule has 0 aliphatic heterocycles. The average molecular weight is 316 g/mol. The molecule has 1 aliphatic rings. The van der Waals surface area contributed by atoms with Crippen LogP contribution in [0.25, 0.3) is 0 Å². The summed E-state index contributed by atoms with van der Waals surface area (Å²) in [6.45, 7) is 1.21. The minimum absolute atomic E-state index is 0.0578. The van der Waals surface area contributed by atoms with Gasteiger partial charge in [-0.3, -0.25) is 0 Å². The van der Waals surface area contributed by atoms with Crippen LogP contribution in [0.5, 0.6) is 0 Å². The Labute approximate surface area is 134 Å². The van der Waals surface area contributed by atoms with Gasteiger partial charge in [0.25, 0.3) is 0 Å². The van der Waals surface area contributed by atoms with E-state index >= 15 is 0 Å². The quantitative estimate of drug-likeness (QED) is 0.861. The number of nitrogens with zero attached hydrogens (tertiary/aromatic N) is 2. The van der Waals surface area contributed by atoms with Crippen molar-refractivity contribution in [3.05, 3.63) is 54.4 Å². The SMILES string of the molecule is O=C(NCCn1ccnc1)N[C@@H](c1ccc(F)cc1)C1CCC1. The van der Waals surface area contributed by atoms with E-state index in [0.717, 1.165) is 18.4 Å². The van der Waals surface area contributed by atoms with Crippen LogP contribution in [0.4, 0.5) is 9.18 Å². The molecule has 1 saturated carbocycles. The zero-order valence-electron chi connectivity index (χ0n) is 12.9. The monoisotopic (exact) mass is 316 g/mol. The number of benzene rings is 1. The van der Waals surface area contributed by atoms with Crippen LogP contribution in [0.1, 0.15) is 30.9 Å². The molecule has 122 valence electrons. The zero-order valence-corrected chi connectivity index (χ0v) is 12.9. The van der Waals surface area contributed by atoms with E-state index in [1.165, 1.54) is 18.6 Å². The van der Waals surface area contributed by atoms with Crippen molar-refractivity contribution in [3.63, 3.8) is 0 Å². The van der Waals surface area contributed by atoms with Crippen molar-refractivity contribution < 1.29 is 9.18 Å². The summed E-state index contributed by atoms with van der Waals surface area (Å²) in [5, 5.41) is 5.90. The van der Waals surface area contributed by atoms with Gasteiger partial charge in [0.15, 0.2) is 0 Å². The lowest BCUT2D eigenvalue weighted by atomic mass is 9.77. The van der Waals surface area contributed by atoms with Gasteiger partial charge in [0, 0.05) is 25.5 Å². The molecule has 1 atom stereocenters. The van der Waals surface area contributed by atoms with Crippen LogP contribution in [0.3, 0.4) is 0 Å². The van der Waals surface area contributed by atoms with E-state index < -0.39 is 0 Å². The Balaban J connectivity index is 1.55. The van der Waals surface area contributed by atoms with Gasteiger partial charge in [-0.1, -0.05) is 18.6 Å². The van der Waals surface area contributed by atoms with Crippen LogP contribution in [0.15, 0.2) is 43.0 Å². The maximum absolute atomic E-state index is 13.1. The van der Waals surface area contributed by atoms with Gasteiger partial charge >= 0.3 is 6.03 Å². The van der Waals surface area contributed by atoms with E-state index in [9.17, 15) is 9.18 Å². The molecular formula is C17H21FN4O. The fourth-order valence-electron chi connectivity index (χ4n) is 2.83. The third-order valence-electron chi connectivity index (χ3n) is 4.35. The average Bonchev–Trinajstić information content (AvgIpc) is 2.99. The van der Waals surface area contributed by atoms with Gasteiger partial charge in [-0.15, -0.1) is 0 Å². The summed E-state index contributed by atoms with van der Waals surface area (Å²) in [4.78, 5) is 16.1. The normalized spacial score (nSPS) is 15.7. The lowest BCUT2D eigenvalue weighted by molar-refractivity contribution is 0.207. The van der Waals surface area contributed by atoms with E-state index in [0.29, 0.717) is 19.0 Å². The molecule has 1 heterocycles. The van der Waals surface area contributed by atoms with Gasteiger partial charge < -0.3 is 15.2 Å². The molecule has 1 aromatic heterocycles. The number of nitrogens with one attached hydrogen (secondary N) is 2. The highest BCUT2D eigenvalue weighted by molar-refractivity contribution is 5.74. The van der Waals surface area contributed by atoms with Gasteiger partial charge in [-0.25, -0.2) is 14.2 Å². The highest BCUT2D eigenvalue weighted by atomic mass is 19.1. The van der Waals surface area contributed by atoms with Crippen LogP contribution >= 0.6 is 0 Å². The van der Waals surface area contributed by atoms with Gasteiger partial charge in [-0.2, -0.15) is 0 Å². The van der Waals surface area contributed by atoms with E-state index in [-0.39, 0.29) is 17.9 Å². The molecule has 1 aliphatic carbocycles. The topological polar surface area (TPSA) is 59.0 Å². The van der Waals surface area contributed by atoms with Gasteiger partial charge in [0.2, 0.25) is 0 Å². The molecule has 2 amide bonds. The Bertz CT molecular complexity index is 623. The van der Waals surface area contributed by atoms with Gasteiger partial charge in [0.05, 0.1) is 12.4 Å². The van der Waals surface area contributed by atoms with E-state index in [2.05, 4.69) is 15.6 Å². The summed E-state index contributed by atoms with van der Waals surface area (Å²) < 4.78 is 15.0. The summed E-state index contributed by atoms with van der Waals surface area (Å²) in [5.74, 6) is 0.172. The number of carbonyl (C=O) groups excluding carboxylic acids is 1. The minimum atomic E-state index is -0.258. The first-order chi connectivity index (χ1) is 11.2. The molecule has 23 heavy (non-hydrogen) atoms. The largest absolute Gasteiger partial charge is 0.336 e. The molecule has 2 aromatic rings. The van der Waals surface area contributed by atoms with Crippen molar-refractivity contribution >= 4 is 6.03 Å². The molecule has 0 bridgehead atoms. The first-order valence-electron chi connectivity index (χ1n) is 7.98. The molecule has 0 unspecified atom stereocenters. The number of hydrogen-bond acceptors (Lipinski definition) is 2. The number of aromatic nitrogens is 2. The predicted molar refractivity (Wildman–Crippen MR) is 85.2 cm³/mol. The van der Waals surface area contributed by atoms with E-state index in [4.69, 9.17) is 0 Å². The van der Waals surface area contributed by atoms with Crippen molar-refractivity contribution in [2.45, 2.75) is 31.8 Å². The van der Waals surface area contributed by atoms with Gasteiger partial charge in [-0.05, 0) is 36.5 Å². The second kappa shape index (κ2) is 7.26. The number of imidazole rings is 1. The Morgan fingerprint density at radius 2 is 2.13 bits per heavy atom. The van der Waals surface area contributed by atoms with Crippen molar-refractivity contribution in [2.75, 3.05) is 6.54 Å². The summed E-state index contributed by atoms with van der Waals surface area (Å²) in [6.07, 6.45) is 8.66. The lowest BCUT2D eigenvalue weighted by Gasteiger charge is -2.34. The summed E-state index contributed by atoms with van der Waals surface area (Å²) >= 11 is 0. The molecule has 5 nitrogen and oxygen atoms in total. The van der Waals surface area contributed by atoms with Crippen LogP contribution in [-0.4, -0.2) is 22.1 Å². The van der Waals surface area contributed by atoms with Crippen LogP contribution < -0.4 is 10.6 Å². The fourth-order valence-corrected chi connectivity index (χ4v) is 2.83. The lowest BCUT2D eigenvalue weighted by Crippen LogP contribution is -2.42. The minimum Gasteiger partial charge on any atom is -0.336 e. The van der Waals surface area contributed by atoms with E-state index in [1.807, 2.05) is 10.8 Å². The van der Waals surface area contributed by atoms with Crippen molar-refractivity contribution in [1.82, 2.24) is 20.2 Å². The standard InChI is InChI=1S/C17H21FN4O/c18-15-6-4-14(5-7-15)16(13-2-1-3-13)21-17(23)20-9-11-22-10-8-19-12-22/h4-8,10,12-13,16H,1-3,9,11H2,(H2,20,21,23)/t16-/m1/s1. The van der Waals surface area contributed by atoms with Crippen LogP contribution in [0, 0.1) is 11.7 Å². The van der Waals surface area contributed by atoms with Crippen molar-refractivity contribution in [1.29, 1.82) is 0 Å². The molecule has 1 aromatic carbocycles. The number of amides is 2. The van der Waals surface area contributed by atoms with Crippen molar-refractivity contribution in [2.24, 2.45) is 5.92 Å². The molecule has 0 radical (unpaired) electrons. The smallest absolute Gasteiger partial charge is 0.315 e. The summed E-state index contributed by atoms with van der Waals surface area (Å²) in [6, 6.07) is 6.15. The first-order valence-corrected chi connectivity index (χ1v) is 7.98. The number of carbonyl (C=O) groups is 1. The number of halogens is 1. The first kappa shape index (κ1) is 15.5. The molecule has 0 spiro atoms. The second-order valence-electron chi connectivity index (χ2n) is 5.92.